The maximum Gasteiger partial charge on any atom is 0.226 e. The fraction of sp³-hybridized carbons (Fsp3) is 0.423. The van der Waals surface area contributed by atoms with E-state index in [4.69, 9.17) is 23.2 Å². The number of carbonyl (C=O) groups excluding carboxylic acids is 1. The highest BCUT2D eigenvalue weighted by Gasteiger charge is 2.43. The Morgan fingerprint density at radius 1 is 1.00 bits per heavy atom. The Morgan fingerprint density at radius 3 is 2.40 bits per heavy atom. The summed E-state index contributed by atoms with van der Waals surface area (Å²) in [5.74, 6) is 1.01. The first-order chi connectivity index (χ1) is 14.6. The first-order valence-corrected chi connectivity index (χ1v) is 11.7. The molecule has 1 heterocycles. The minimum Gasteiger partial charge on any atom is -0.335 e. The van der Waals surface area contributed by atoms with Crippen molar-refractivity contribution >= 4 is 29.1 Å². The second-order valence-corrected chi connectivity index (χ2v) is 9.63. The number of amides is 1. The second-order valence-electron chi connectivity index (χ2n) is 8.76. The summed E-state index contributed by atoms with van der Waals surface area (Å²) in [6, 6.07) is 16.1. The maximum atomic E-state index is 13.6. The van der Waals surface area contributed by atoms with E-state index in [9.17, 15) is 4.79 Å². The van der Waals surface area contributed by atoms with Crippen molar-refractivity contribution in [3.63, 3.8) is 0 Å². The molecular formula is C26H29Cl2NO. The molecule has 2 aromatic rings. The van der Waals surface area contributed by atoms with Gasteiger partial charge >= 0.3 is 0 Å². The van der Waals surface area contributed by atoms with Crippen LogP contribution in [-0.2, 0) is 4.79 Å². The highest BCUT2D eigenvalue weighted by molar-refractivity contribution is 6.30. The number of likely N-dealkylation sites (tertiary alicyclic amines) is 1. The lowest BCUT2D eigenvalue weighted by Gasteiger charge is -2.46. The molecule has 3 atom stereocenters. The van der Waals surface area contributed by atoms with Gasteiger partial charge < -0.3 is 4.90 Å². The lowest BCUT2D eigenvalue weighted by Crippen LogP contribution is -2.48. The number of piperidine rings is 1. The van der Waals surface area contributed by atoms with Crippen LogP contribution in [0.1, 0.15) is 61.6 Å². The lowest BCUT2D eigenvalue weighted by atomic mass is 9.74. The zero-order chi connectivity index (χ0) is 21.1. The van der Waals surface area contributed by atoms with Crippen molar-refractivity contribution in [2.45, 2.75) is 50.5 Å². The Kier molecular flexibility index (Phi) is 6.85. The van der Waals surface area contributed by atoms with Crippen LogP contribution < -0.4 is 0 Å². The van der Waals surface area contributed by atoms with Crippen LogP contribution in [0.25, 0.3) is 0 Å². The molecule has 1 saturated carbocycles. The van der Waals surface area contributed by atoms with E-state index in [-0.39, 0.29) is 23.8 Å². The van der Waals surface area contributed by atoms with Gasteiger partial charge in [-0.05, 0) is 67.0 Å². The van der Waals surface area contributed by atoms with Gasteiger partial charge in [-0.3, -0.25) is 4.79 Å². The Bertz CT molecular complexity index is 888. The summed E-state index contributed by atoms with van der Waals surface area (Å²) in [5.41, 5.74) is 2.34. The quantitative estimate of drug-likeness (QED) is 0.426. The third kappa shape index (κ3) is 4.60. The maximum absolute atomic E-state index is 13.6. The van der Waals surface area contributed by atoms with Crippen molar-refractivity contribution in [1.82, 2.24) is 4.90 Å². The molecule has 1 saturated heterocycles. The van der Waals surface area contributed by atoms with Gasteiger partial charge in [0.25, 0.3) is 0 Å². The van der Waals surface area contributed by atoms with Crippen molar-refractivity contribution in [2.75, 3.05) is 6.54 Å². The largest absolute Gasteiger partial charge is 0.335 e. The van der Waals surface area contributed by atoms with E-state index < -0.39 is 0 Å². The average molecular weight is 442 g/mol. The summed E-state index contributed by atoms with van der Waals surface area (Å²) < 4.78 is 0. The van der Waals surface area contributed by atoms with Crippen LogP contribution in [0.3, 0.4) is 0 Å². The van der Waals surface area contributed by atoms with Gasteiger partial charge in [0, 0.05) is 28.4 Å². The minimum absolute atomic E-state index is 0.00472. The number of carbonyl (C=O) groups is 1. The fourth-order valence-electron chi connectivity index (χ4n) is 5.33. The zero-order valence-corrected chi connectivity index (χ0v) is 18.8. The van der Waals surface area contributed by atoms with Gasteiger partial charge in [-0.2, -0.15) is 0 Å². The van der Waals surface area contributed by atoms with Gasteiger partial charge in [-0.15, -0.1) is 6.58 Å². The first-order valence-electron chi connectivity index (χ1n) is 11.0. The van der Waals surface area contributed by atoms with Crippen LogP contribution in [0, 0.1) is 11.8 Å². The van der Waals surface area contributed by atoms with Gasteiger partial charge in [-0.1, -0.05) is 66.4 Å². The molecule has 30 heavy (non-hydrogen) atoms. The lowest BCUT2D eigenvalue weighted by molar-refractivity contribution is -0.144. The molecule has 0 radical (unpaired) electrons. The SMILES string of the molecule is C=CC[C@@H]1C[C@H](c2cccc(Cl)c2)[C@@H](c2ccc(Cl)cc2)N(CC2CCCC2)C1=O. The molecule has 2 aliphatic rings. The Labute approximate surface area is 189 Å². The van der Waals surface area contributed by atoms with Crippen LogP contribution in [0.4, 0.5) is 0 Å². The third-order valence-electron chi connectivity index (χ3n) is 6.76. The number of allylic oxidation sites excluding steroid dienone is 1. The van der Waals surface area contributed by atoms with Crippen molar-refractivity contribution in [3.05, 3.63) is 82.4 Å². The van der Waals surface area contributed by atoms with Gasteiger partial charge in [0.1, 0.15) is 0 Å². The molecule has 1 aliphatic heterocycles. The van der Waals surface area contributed by atoms with Crippen molar-refractivity contribution < 1.29 is 4.79 Å². The molecule has 0 unspecified atom stereocenters. The van der Waals surface area contributed by atoms with Crippen LogP contribution in [0.15, 0.2) is 61.2 Å². The fourth-order valence-corrected chi connectivity index (χ4v) is 5.65. The Balaban J connectivity index is 1.78. The molecule has 0 bridgehead atoms. The van der Waals surface area contributed by atoms with E-state index >= 15 is 0 Å². The van der Waals surface area contributed by atoms with E-state index in [1.54, 1.807) is 0 Å². The number of nitrogens with zero attached hydrogens (tertiary/aromatic N) is 1. The van der Waals surface area contributed by atoms with E-state index in [0.717, 1.165) is 23.6 Å². The summed E-state index contributed by atoms with van der Waals surface area (Å²) in [6.45, 7) is 4.74. The summed E-state index contributed by atoms with van der Waals surface area (Å²) in [5, 5.41) is 1.45. The average Bonchev–Trinajstić information content (AvgIpc) is 3.25. The van der Waals surface area contributed by atoms with Crippen LogP contribution in [0.5, 0.6) is 0 Å². The molecule has 2 aromatic carbocycles. The molecule has 158 valence electrons. The van der Waals surface area contributed by atoms with Crippen molar-refractivity contribution in [1.29, 1.82) is 0 Å². The van der Waals surface area contributed by atoms with Crippen LogP contribution in [0.2, 0.25) is 10.0 Å². The van der Waals surface area contributed by atoms with Crippen LogP contribution >= 0.6 is 23.2 Å². The van der Waals surface area contributed by atoms with Gasteiger partial charge in [0.2, 0.25) is 5.91 Å². The summed E-state index contributed by atoms with van der Waals surface area (Å²) in [4.78, 5) is 15.8. The third-order valence-corrected chi connectivity index (χ3v) is 7.24. The van der Waals surface area contributed by atoms with Crippen molar-refractivity contribution in [3.8, 4) is 0 Å². The topological polar surface area (TPSA) is 20.3 Å². The molecular weight excluding hydrogens is 413 g/mol. The summed E-state index contributed by atoms with van der Waals surface area (Å²) in [7, 11) is 0. The normalized spacial score (nSPS) is 24.9. The molecule has 0 aromatic heterocycles. The van der Waals surface area contributed by atoms with Gasteiger partial charge in [-0.25, -0.2) is 0 Å². The molecule has 1 aliphatic carbocycles. The van der Waals surface area contributed by atoms with E-state index in [1.165, 1.54) is 31.2 Å². The predicted octanol–water partition coefficient (Wildman–Crippen LogP) is 7.43. The van der Waals surface area contributed by atoms with Crippen molar-refractivity contribution in [2.24, 2.45) is 11.8 Å². The highest BCUT2D eigenvalue weighted by atomic mass is 35.5. The predicted molar refractivity (Wildman–Crippen MR) is 125 cm³/mol. The molecule has 0 spiro atoms. The number of hydrogen-bond acceptors (Lipinski definition) is 1. The Morgan fingerprint density at radius 2 is 1.73 bits per heavy atom. The molecule has 2 nitrogen and oxygen atoms in total. The monoisotopic (exact) mass is 441 g/mol. The number of halogens is 2. The van der Waals surface area contributed by atoms with Crippen LogP contribution in [-0.4, -0.2) is 17.4 Å². The number of rotatable bonds is 6. The number of hydrogen-bond donors (Lipinski definition) is 0. The van der Waals surface area contributed by atoms with E-state index in [2.05, 4.69) is 35.7 Å². The zero-order valence-electron chi connectivity index (χ0n) is 17.3. The minimum atomic E-state index is -0.0311. The molecule has 0 N–H and O–H groups in total. The van der Waals surface area contributed by atoms with E-state index in [1.807, 2.05) is 30.3 Å². The first kappa shape index (κ1) is 21.5. The highest BCUT2D eigenvalue weighted by Crippen LogP contribution is 2.47. The summed E-state index contributed by atoms with van der Waals surface area (Å²) >= 11 is 12.5. The molecule has 2 fully saturated rings. The van der Waals surface area contributed by atoms with Gasteiger partial charge in [0.05, 0.1) is 6.04 Å². The Hall–Kier alpha value is -1.77. The second kappa shape index (κ2) is 9.58. The molecule has 4 rings (SSSR count). The smallest absolute Gasteiger partial charge is 0.226 e. The molecule has 4 heteroatoms. The number of benzene rings is 2. The summed E-state index contributed by atoms with van der Waals surface area (Å²) in [6.07, 6.45) is 8.37. The van der Waals surface area contributed by atoms with Gasteiger partial charge in [0.15, 0.2) is 0 Å². The van der Waals surface area contributed by atoms with E-state index in [0.29, 0.717) is 17.4 Å². The standard InChI is InChI=1S/C26H29Cl2NO/c1-2-6-21-16-24(20-9-5-10-23(28)15-20)25(19-11-13-22(27)14-12-19)29(26(21)30)17-18-7-3-4-8-18/h2,5,9-15,18,21,24-25H,1,3-4,6-8,16-17H2/t21-,24-,25-/m1/s1. The molecule has 1 amide bonds.